The van der Waals surface area contributed by atoms with E-state index >= 15 is 0 Å². The van der Waals surface area contributed by atoms with Gasteiger partial charge >= 0.3 is 0 Å². The van der Waals surface area contributed by atoms with E-state index in [0.29, 0.717) is 11.7 Å². The Labute approximate surface area is 111 Å². The topological polar surface area (TPSA) is 66.5 Å². The lowest BCUT2D eigenvalue weighted by Crippen LogP contribution is -2.06. The first-order valence-electron chi connectivity index (χ1n) is 5.83. The minimum Gasteiger partial charge on any atom is -0.366 e. The van der Waals surface area contributed by atoms with Crippen LogP contribution in [0.25, 0.3) is 0 Å². The second-order valence-electron chi connectivity index (χ2n) is 4.46. The maximum Gasteiger partial charge on any atom is 0.135 e. The van der Waals surface area contributed by atoms with Crippen molar-refractivity contribution in [2.45, 2.75) is 33.2 Å². The molecule has 2 heterocycles. The van der Waals surface area contributed by atoms with Crippen molar-refractivity contribution in [2.75, 3.05) is 5.32 Å². The van der Waals surface area contributed by atoms with Gasteiger partial charge in [-0.1, -0.05) is 25.4 Å². The lowest BCUT2D eigenvalue weighted by molar-refractivity contribution is 0.774. The standard InChI is InChI=1S/C12H16ClN5/c1-7(2)12-16-10(13)4-11(17-12)14-5-9-6-15-18-8(9)3/h4,6-7H,5H2,1-3H3,(H,15,18)(H,14,16,17). The van der Waals surface area contributed by atoms with E-state index < -0.39 is 0 Å². The van der Waals surface area contributed by atoms with Gasteiger partial charge in [-0.25, -0.2) is 9.97 Å². The van der Waals surface area contributed by atoms with Gasteiger partial charge in [0.05, 0.1) is 6.20 Å². The van der Waals surface area contributed by atoms with Gasteiger partial charge < -0.3 is 5.32 Å². The number of aryl methyl sites for hydroxylation is 1. The largest absolute Gasteiger partial charge is 0.366 e. The first-order valence-corrected chi connectivity index (χ1v) is 6.21. The number of rotatable bonds is 4. The molecule has 0 aliphatic heterocycles. The average molecular weight is 266 g/mol. The minimum absolute atomic E-state index is 0.250. The highest BCUT2D eigenvalue weighted by atomic mass is 35.5. The molecule has 0 aromatic carbocycles. The van der Waals surface area contributed by atoms with Crippen LogP contribution in [0.4, 0.5) is 5.82 Å². The van der Waals surface area contributed by atoms with Crippen LogP contribution < -0.4 is 5.32 Å². The first kappa shape index (κ1) is 12.8. The number of aromatic nitrogens is 4. The molecule has 6 heteroatoms. The van der Waals surface area contributed by atoms with E-state index in [4.69, 9.17) is 11.6 Å². The number of hydrogen-bond donors (Lipinski definition) is 2. The van der Waals surface area contributed by atoms with Crippen LogP contribution in [0.5, 0.6) is 0 Å². The maximum absolute atomic E-state index is 5.98. The van der Waals surface area contributed by atoms with Crippen molar-refractivity contribution in [2.24, 2.45) is 0 Å². The Bertz CT molecular complexity index is 535. The van der Waals surface area contributed by atoms with Crippen molar-refractivity contribution in [1.29, 1.82) is 0 Å². The molecule has 2 aromatic rings. The Morgan fingerprint density at radius 3 is 2.78 bits per heavy atom. The zero-order valence-corrected chi connectivity index (χ0v) is 11.4. The zero-order valence-electron chi connectivity index (χ0n) is 10.7. The lowest BCUT2D eigenvalue weighted by Gasteiger charge is -2.09. The fraction of sp³-hybridized carbons (Fsp3) is 0.417. The predicted molar refractivity (Wildman–Crippen MR) is 71.8 cm³/mol. The summed E-state index contributed by atoms with van der Waals surface area (Å²) in [7, 11) is 0. The monoisotopic (exact) mass is 265 g/mol. The van der Waals surface area contributed by atoms with E-state index in [9.17, 15) is 0 Å². The molecule has 0 aliphatic carbocycles. The third-order valence-corrected chi connectivity index (χ3v) is 2.82. The Balaban J connectivity index is 2.12. The molecule has 5 nitrogen and oxygen atoms in total. The highest BCUT2D eigenvalue weighted by molar-refractivity contribution is 6.29. The number of H-pyrrole nitrogens is 1. The predicted octanol–water partition coefficient (Wildman–Crippen LogP) is 2.90. The van der Waals surface area contributed by atoms with E-state index in [-0.39, 0.29) is 5.92 Å². The summed E-state index contributed by atoms with van der Waals surface area (Å²) in [6.07, 6.45) is 1.80. The van der Waals surface area contributed by atoms with Crippen molar-refractivity contribution in [3.63, 3.8) is 0 Å². The summed E-state index contributed by atoms with van der Waals surface area (Å²) in [6.45, 7) is 6.72. The highest BCUT2D eigenvalue weighted by Gasteiger charge is 2.07. The van der Waals surface area contributed by atoms with E-state index in [0.717, 1.165) is 22.9 Å². The van der Waals surface area contributed by atoms with E-state index in [1.165, 1.54) is 0 Å². The van der Waals surface area contributed by atoms with Gasteiger partial charge in [0.15, 0.2) is 0 Å². The second kappa shape index (κ2) is 5.35. The minimum atomic E-state index is 0.250. The quantitative estimate of drug-likeness (QED) is 0.834. The van der Waals surface area contributed by atoms with Crippen LogP contribution in [0.1, 0.15) is 36.8 Å². The second-order valence-corrected chi connectivity index (χ2v) is 4.85. The normalized spacial score (nSPS) is 10.9. The van der Waals surface area contributed by atoms with Crippen LogP contribution in [0.3, 0.4) is 0 Å². The summed E-state index contributed by atoms with van der Waals surface area (Å²) >= 11 is 5.98. The number of halogens is 1. The van der Waals surface area contributed by atoms with Crippen LogP contribution in [0, 0.1) is 6.92 Å². The first-order chi connectivity index (χ1) is 8.56. The molecule has 0 bridgehead atoms. The van der Waals surface area contributed by atoms with Crippen LogP contribution in [0.2, 0.25) is 5.15 Å². The molecule has 2 rings (SSSR count). The molecule has 2 aromatic heterocycles. The van der Waals surface area contributed by atoms with Crippen LogP contribution in [-0.2, 0) is 6.54 Å². The number of nitrogens with zero attached hydrogens (tertiary/aromatic N) is 3. The number of nitrogens with one attached hydrogen (secondary N) is 2. The molecule has 0 amide bonds. The molecule has 0 unspecified atom stereocenters. The van der Waals surface area contributed by atoms with E-state index in [1.54, 1.807) is 12.3 Å². The molecule has 18 heavy (non-hydrogen) atoms. The van der Waals surface area contributed by atoms with Crippen LogP contribution in [-0.4, -0.2) is 20.2 Å². The average Bonchev–Trinajstić information content (AvgIpc) is 2.71. The van der Waals surface area contributed by atoms with Gasteiger partial charge in [0.1, 0.15) is 16.8 Å². The summed E-state index contributed by atoms with van der Waals surface area (Å²) in [5.74, 6) is 1.73. The Morgan fingerprint density at radius 1 is 1.39 bits per heavy atom. The van der Waals surface area contributed by atoms with E-state index in [2.05, 4.69) is 25.5 Å². The van der Waals surface area contributed by atoms with Crippen molar-refractivity contribution >= 4 is 17.4 Å². The molecule has 0 radical (unpaired) electrons. The molecule has 0 spiro atoms. The summed E-state index contributed by atoms with van der Waals surface area (Å²) in [6, 6.07) is 1.73. The molecule has 0 saturated carbocycles. The summed E-state index contributed by atoms with van der Waals surface area (Å²) in [4.78, 5) is 8.62. The molecule has 0 atom stereocenters. The molecule has 96 valence electrons. The summed E-state index contributed by atoms with van der Waals surface area (Å²) in [5, 5.41) is 10.6. The molecule has 0 aliphatic rings. The number of aromatic amines is 1. The SMILES string of the molecule is Cc1[nH]ncc1CNc1cc(Cl)nc(C(C)C)n1. The third-order valence-electron chi connectivity index (χ3n) is 2.62. The maximum atomic E-state index is 5.98. The number of hydrogen-bond acceptors (Lipinski definition) is 4. The molecule has 2 N–H and O–H groups in total. The van der Waals surface area contributed by atoms with Crippen molar-refractivity contribution in [3.05, 3.63) is 34.5 Å². The summed E-state index contributed by atoms with van der Waals surface area (Å²) in [5.41, 5.74) is 2.16. The van der Waals surface area contributed by atoms with Gasteiger partial charge in [-0.05, 0) is 6.92 Å². The fourth-order valence-electron chi connectivity index (χ4n) is 1.52. The summed E-state index contributed by atoms with van der Waals surface area (Å²) < 4.78 is 0. The molecular formula is C12H16ClN5. The van der Waals surface area contributed by atoms with Crippen LogP contribution in [0.15, 0.2) is 12.3 Å². The van der Waals surface area contributed by atoms with Gasteiger partial charge in [0.25, 0.3) is 0 Å². The van der Waals surface area contributed by atoms with Gasteiger partial charge in [-0.3, -0.25) is 5.10 Å². The van der Waals surface area contributed by atoms with Crippen molar-refractivity contribution in [3.8, 4) is 0 Å². The molecule has 0 saturated heterocycles. The Hall–Kier alpha value is -1.62. The Morgan fingerprint density at radius 2 is 2.17 bits per heavy atom. The molecule has 0 fully saturated rings. The van der Waals surface area contributed by atoms with Crippen LogP contribution >= 0.6 is 11.6 Å². The Kier molecular flexibility index (Phi) is 3.81. The fourth-order valence-corrected chi connectivity index (χ4v) is 1.71. The smallest absolute Gasteiger partial charge is 0.135 e. The third kappa shape index (κ3) is 2.98. The lowest BCUT2D eigenvalue weighted by atomic mass is 10.2. The van der Waals surface area contributed by atoms with Crippen molar-refractivity contribution < 1.29 is 0 Å². The molecular weight excluding hydrogens is 250 g/mol. The number of anilines is 1. The zero-order chi connectivity index (χ0) is 13.1. The van der Waals surface area contributed by atoms with Gasteiger partial charge in [-0.2, -0.15) is 5.10 Å². The van der Waals surface area contributed by atoms with E-state index in [1.807, 2.05) is 20.8 Å². The highest BCUT2D eigenvalue weighted by Crippen LogP contribution is 2.17. The van der Waals surface area contributed by atoms with Gasteiger partial charge in [-0.15, -0.1) is 0 Å². The van der Waals surface area contributed by atoms with Gasteiger partial charge in [0, 0.05) is 29.8 Å². The van der Waals surface area contributed by atoms with Crippen molar-refractivity contribution in [1.82, 2.24) is 20.2 Å². The van der Waals surface area contributed by atoms with Gasteiger partial charge in [0.2, 0.25) is 0 Å².